The van der Waals surface area contributed by atoms with Gasteiger partial charge in [-0.3, -0.25) is 0 Å². The first-order chi connectivity index (χ1) is 13.3. The molecule has 0 aliphatic rings. The third-order valence-electron chi connectivity index (χ3n) is 4.68. The van der Waals surface area contributed by atoms with Crippen LogP contribution in [0.25, 0.3) is 11.7 Å². The Labute approximate surface area is 162 Å². The third kappa shape index (κ3) is 9.05. The Bertz CT molecular complexity index is 619. The highest BCUT2D eigenvalue weighted by Gasteiger charge is 2.10. The minimum atomic E-state index is -0.169. The molecular weight excluding hydrogens is 340 g/mol. The lowest BCUT2D eigenvalue weighted by Crippen LogP contribution is -2.05. The molecule has 0 bridgehead atoms. The van der Waals surface area contributed by atoms with Crippen LogP contribution in [0.1, 0.15) is 83.4 Å². The Morgan fingerprint density at radius 3 is 2.67 bits per heavy atom. The van der Waals surface area contributed by atoms with Crippen LogP contribution in [0.4, 0.5) is 0 Å². The summed E-state index contributed by atoms with van der Waals surface area (Å²) in [6.07, 6.45) is 18.8. The summed E-state index contributed by atoms with van der Waals surface area (Å²) in [5, 5.41) is 18.1. The van der Waals surface area contributed by atoms with Crippen molar-refractivity contribution in [1.82, 2.24) is 10.2 Å². The van der Waals surface area contributed by atoms with E-state index >= 15 is 0 Å². The molecule has 1 unspecified atom stereocenters. The largest absolute Gasteiger partial charge is 0.459 e. The number of furan rings is 1. The molecule has 0 aromatic carbocycles. The van der Waals surface area contributed by atoms with E-state index in [4.69, 9.17) is 8.83 Å². The zero-order valence-corrected chi connectivity index (χ0v) is 16.6. The van der Waals surface area contributed by atoms with Crippen LogP contribution in [0.5, 0.6) is 0 Å². The topological polar surface area (TPSA) is 72.3 Å². The first-order valence-corrected chi connectivity index (χ1v) is 10.5. The summed E-state index contributed by atoms with van der Waals surface area (Å²) in [5.74, 6) is 1.71. The fourth-order valence-electron chi connectivity index (χ4n) is 3.05. The van der Waals surface area contributed by atoms with Crippen LogP contribution in [0, 0.1) is 0 Å². The van der Waals surface area contributed by atoms with Gasteiger partial charge in [0.25, 0.3) is 5.89 Å². The van der Waals surface area contributed by atoms with Crippen LogP contribution in [0.3, 0.4) is 0 Å². The first kappa shape index (κ1) is 21.4. The third-order valence-corrected chi connectivity index (χ3v) is 4.68. The zero-order chi connectivity index (χ0) is 19.2. The number of unbranched alkanes of at least 4 members (excludes halogenated alkanes) is 6. The zero-order valence-electron chi connectivity index (χ0n) is 16.6. The van der Waals surface area contributed by atoms with E-state index in [-0.39, 0.29) is 6.10 Å². The molecule has 0 amide bonds. The SMILES string of the molecule is CCCCC/C=C/CCC(O)CCCCCCc1nnc(-c2ccco2)o1. The lowest BCUT2D eigenvalue weighted by molar-refractivity contribution is 0.152. The van der Waals surface area contributed by atoms with Gasteiger partial charge in [-0.15, -0.1) is 10.2 Å². The molecule has 0 saturated heterocycles. The van der Waals surface area contributed by atoms with Crippen molar-refractivity contribution in [3.8, 4) is 11.7 Å². The van der Waals surface area contributed by atoms with Crippen molar-refractivity contribution in [2.24, 2.45) is 0 Å². The Hall–Kier alpha value is -1.88. The maximum atomic E-state index is 10.0. The van der Waals surface area contributed by atoms with Gasteiger partial charge < -0.3 is 13.9 Å². The molecule has 27 heavy (non-hydrogen) atoms. The fourth-order valence-corrected chi connectivity index (χ4v) is 3.05. The minimum Gasteiger partial charge on any atom is -0.459 e. The summed E-state index contributed by atoms with van der Waals surface area (Å²) in [6, 6.07) is 3.61. The van der Waals surface area contributed by atoms with Gasteiger partial charge in [-0.05, 0) is 50.7 Å². The second-order valence-electron chi connectivity index (χ2n) is 7.13. The van der Waals surface area contributed by atoms with E-state index in [1.807, 2.05) is 6.07 Å². The molecule has 0 saturated carbocycles. The Morgan fingerprint density at radius 1 is 1.00 bits per heavy atom. The quantitative estimate of drug-likeness (QED) is 0.301. The average molecular weight is 375 g/mol. The molecule has 5 nitrogen and oxygen atoms in total. The van der Waals surface area contributed by atoms with E-state index in [0.717, 1.165) is 51.4 Å². The summed E-state index contributed by atoms with van der Waals surface area (Å²) >= 11 is 0. The fraction of sp³-hybridized carbons (Fsp3) is 0.636. The molecule has 1 N–H and O–H groups in total. The van der Waals surface area contributed by atoms with Gasteiger partial charge in [0.1, 0.15) is 0 Å². The number of nitrogens with zero attached hydrogens (tertiary/aromatic N) is 2. The van der Waals surface area contributed by atoms with E-state index in [1.54, 1.807) is 12.3 Å². The minimum absolute atomic E-state index is 0.169. The molecule has 0 radical (unpaired) electrons. The van der Waals surface area contributed by atoms with Crippen LogP contribution in [0.15, 0.2) is 39.4 Å². The van der Waals surface area contributed by atoms with Crippen molar-refractivity contribution in [3.05, 3.63) is 36.4 Å². The second-order valence-corrected chi connectivity index (χ2v) is 7.13. The van der Waals surface area contributed by atoms with Crippen molar-refractivity contribution < 1.29 is 13.9 Å². The average Bonchev–Trinajstić information content (AvgIpc) is 3.35. The van der Waals surface area contributed by atoms with Crippen LogP contribution in [-0.2, 0) is 6.42 Å². The van der Waals surface area contributed by atoms with Gasteiger partial charge in [0, 0.05) is 6.42 Å². The standard InChI is InChI=1S/C22H34N2O3/c1-2-3-4-5-6-7-10-14-19(25)15-11-8-9-12-17-21-23-24-22(27-21)20-16-13-18-26-20/h6-7,13,16,18-19,25H,2-5,8-12,14-15,17H2,1H3/b7-6+. The van der Waals surface area contributed by atoms with Gasteiger partial charge in [0.15, 0.2) is 5.76 Å². The molecule has 2 rings (SSSR count). The molecule has 0 fully saturated rings. The van der Waals surface area contributed by atoms with Crippen LogP contribution in [0.2, 0.25) is 0 Å². The van der Waals surface area contributed by atoms with Crippen LogP contribution >= 0.6 is 0 Å². The van der Waals surface area contributed by atoms with Crippen molar-refractivity contribution in [1.29, 1.82) is 0 Å². The van der Waals surface area contributed by atoms with Crippen LogP contribution in [-0.4, -0.2) is 21.4 Å². The molecule has 2 heterocycles. The number of aromatic nitrogens is 2. The van der Waals surface area contributed by atoms with E-state index in [9.17, 15) is 5.11 Å². The number of aliphatic hydroxyl groups excluding tert-OH is 1. The first-order valence-electron chi connectivity index (χ1n) is 10.5. The molecule has 0 spiro atoms. The van der Waals surface area contributed by atoms with Crippen molar-refractivity contribution in [2.75, 3.05) is 0 Å². The molecule has 2 aromatic heterocycles. The lowest BCUT2D eigenvalue weighted by atomic mass is 10.0. The second kappa shape index (κ2) is 13.3. The Kier molecular flexibility index (Phi) is 10.6. The summed E-state index contributed by atoms with van der Waals surface area (Å²) in [7, 11) is 0. The smallest absolute Gasteiger partial charge is 0.283 e. The summed E-state index contributed by atoms with van der Waals surface area (Å²) in [5.41, 5.74) is 0. The molecule has 5 heteroatoms. The normalized spacial score (nSPS) is 12.8. The number of allylic oxidation sites excluding steroid dienone is 2. The van der Waals surface area contributed by atoms with Gasteiger partial charge in [-0.25, -0.2) is 0 Å². The van der Waals surface area contributed by atoms with Crippen molar-refractivity contribution >= 4 is 0 Å². The Balaban J connectivity index is 1.45. The van der Waals surface area contributed by atoms with Gasteiger partial charge >= 0.3 is 0 Å². The summed E-state index contributed by atoms with van der Waals surface area (Å²) in [4.78, 5) is 0. The van der Waals surface area contributed by atoms with Gasteiger partial charge in [0.05, 0.1) is 12.4 Å². The highest BCUT2D eigenvalue weighted by atomic mass is 16.4. The van der Waals surface area contributed by atoms with Crippen molar-refractivity contribution in [3.63, 3.8) is 0 Å². The highest BCUT2D eigenvalue weighted by molar-refractivity contribution is 5.42. The van der Waals surface area contributed by atoms with Gasteiger partial charge in [-0.2, -0.15) is 0 Å². The predicted molar refractivity (Wildman–Crippen MR) is 107 cm³/mol. The van der Waals surface area contributed by atoms with Crippen LogP contribution < -0.4 is 0 Å². The van der Waals surface area contributed by atoms with E-state index < -0.39 is 0 Å². The number of aliphatic hydroxyl groups is 1. The van der Waals surface area contributed by atoms with E-state index in [0.29, 0.717) is 17.5 Å². The number of hydrogen-bond acceptors (Lipinski definition) is 5. The lowest BCUT2D eigenvalue weighted by Gasteiger charge is -2.08. The Morgan fingerprint density at radius 2 is 1.85 bits per heavy atom. The van der Waals surface area contributed by atoms with E-state index in [2.05, 4.69) is 29.3 Å². The molecule has 2 aromatic rings. The molecular formula is C22H34N2O3. The van der Waals surface area contributed by atoms with E-state index in [1.165, 1.54) is 25.7 Å². The maximum Gasteiger partial charge on any atom is 0.283 e. The monoisotopic (exact) mass is 374 g/mol. The maximum absolute atomic E-state index is 10.0. The number of rotatable bonds is 15. The molecule has 0 aliphatic heterocycles. The molecule has 150 valence electrons. The number of aryl methyl sites for hydroxylation is 1. The van der Waals surface area contributed by atoms with Crippen molar-refractivity contribution in [2.45, 2.75) is 90.1 Å². The van der Waals surface area contributed by atoms with Gasteiger partial charge in [-0.1, -0.05) is 51.2 Å². The highest BCUT2D eigenvalue weighted by Crippen LogP contribution is 2.19. The van der Waals surface area contributed by atoms with Gasteiger partial charge in [0.2, 0.25) is 5.89 Å². The number of hydrogen-bond donors (Lipinski definition) is 1. The summed E-state index contributed by atoms with van der Waals surface area (Å²) < 4.78 is 10.8. The summed E-state index contributed by atoms with van der Waals surface area (Å²) in [6.45, 7) is 2.23. The predicted octanol–water partition coefficient (Wildman–Crippen LogP) is 6.10. The molecule has 1 atom stereocenters. The molecule has 0 aliphatic carbocycles.